The topological polar surface area (TPSA) is 93.4 Å². The fourth-order valence-electron chi connectivity index (χ4n) is 2.62. The molecular formula is C17H16ClF3N6O2. The molecule has 2 N–H and O–H groups in total. The van der Waals surface area contributed by atoms with Crippen LogP contribution in [-0.4, -0.2) is 32.7 Å². The van der Waals surface area contributed by atoms with Gasteiger partial charge in [0.1, 0.15) is 17.0 Å². The van der Waals surface area contributed by atoms with E-state index in [4.69, 9.17) is 16.3 Å². The number of ether oxygens (including phenoxy) is 1. The fourth-order valence-corrected chi connectivity index (χ4v) is 2.79. The molecule has 0 radical (unpaired) electrons. The highest BCUT2D eigenvalue weighted by Gasteiger charge is 2.33. The number of aromatic nitrogens is 4. The number of rotatable bonds is 4. The number of carbonyl (C=O) groups is 1. The highest BCUT2D eigenvalue weighted by Crippen LogP contribution is 2.32. The third-order valence-electron chi connectivity index (χ3n) is 4.09. The van der Waals surface area contributed by atoms with Crippen LogP contribution in [0, 0.1) is 0 Å². The van der Waals surface area contributed by atoms with E-state index in [1.807, 2.05) is 0 Å². The largest absolute Gasteiger partial charge is 0.433 e. The molecule has 29 heavy (non-hydrogen) atoms. The lowest BCUT2D eigenvalue weighted by molar-refractivity contribution is -0.141. The van der Waals surface area contributed by atoms with Gasteiger partial charge in [0.15, 0.2) is 10.8 Å². The second kappa shape index (κ2) is 7.48. The average Bonchev–Trinajstić information content (AvgIpc) is 3.00. The first kappa shape index (κ1) is 20.8. The Bertz CT molecular complexity index is 1070. The SMILES string of the molecule is COC(C)(C)c1c(NC(=O)Nc2ccnc(C(F)(F)F)c2)cnc2cc(Cl)nn12. The minimum Gasteiger partial charge on any atom is -0.372 e. The standard InChI is InChI=1S/C17H16ClF3N6O2/c1-16(2,29-3)14-10(8-23-13-7-12(18)26-27(13)14)25-15(28)24-9-4-5-22-11(6-9)17(19,20)21/h4-8H,1-3H3,(H2,22,24,25,28). The smallest absolute Gasteiger partial charge is 0.372 e. The summed E-state index contributed by atoms with van der Waals surface area (Å²) in [6, 6.07) is 2.73. The fraction of sp³-hybridized carbons (Fsp3) is 0.294. The number of nitrogens with one attached hydrogen (secondary N) is 2. The maximum Gasteiger partial charge on any atom is 0.433 e. The van der Waals surface area contributed by atoms with Gasteiger partial charge < -0.3 is 15.4 Å². The molecule has 0 saturated carbocycles. The van der Waals surface area contributed by atoms with Gasteiger partial charge in [0, 0.05) is 25.1 Å². The normalized spacial score (nSPS) is 12.2. The lowest BCUT2D eigenvalue weighted by atomic mass is 10.0. The quantitative estimate of drug-likeness (QED) is 0.645. The molecule has 2 amide bonds. The summed E-state index contributed by atoms with van der Waals surface area (Å²) in [5.41, 5.74) is -0.979. The van der Waals surface area contributed by atoms with Crippen molar-refractivity contribution in [1.82, 2.24) is 19.6 Å². The molecule has 0 saturated heterocycles. The molecule has 0 aromatic carbocycles. The Labute approximate surface area is 168 Å². The van der Waals surface area contributed by atoms with Crippen molar-refractivity contribution in [3.05, 3.63) is 47.1 Å². The van der Waals surface area contributed by atoms with Crippen LogP contribution in [0.2, 0.25) is 5.15 Å². The van der Waals surface area contributed by atoms with Crippen molar-refractivity contribution >= 4 is 34.7 Å². The van der Waals surface area contributed by atoms with E-state index in [0.29, 0.717) is 11.3 Å². The first-order valence-electron chi connectivity index (χ1n) is 8.22. The van der Waals surface area contributed by atoms with Gasteiger partial charge in [-0.1, -0.05) is 11.6 Å². The summed E-state index contributed by atoms with van der Waals surface area (Å²) in [5.74, 6) is 0. The molecule has 0 fully saturated rings. The molecule has 0 unspecified atom stereocenters. The minimum absolute atomic E-state index is 0.0754. The molecule has 0 aliphatic rings. The predicted octanol–water partition coefficient (Wildman–Crippen LogP) is 4.32. The summed E-state index contributed by atoms with van der Waals surface area (Å²) < 4.78 is 45.3. The Morgan fingerprint density at radius 3 is 2.59 bits per heavy atom. The number of nitrogens with zero attached hydrogens (tertiary/aromatic N) is 4. The first-order chi connectivity index (χ1) is 13.5. The van der Waals surface area contributed by atoms with Gasteiger partial charge in [0.05, 0.1) is 11.9 Å². The molecular weight excluding hydrogens is 413 g/mol. The molecule has 0 bridgehead atoms. The molecule has 0 atom stereocenters. The number of methoxy groups -OCH3 is 1. The summed E-state index contributed by atoms with van der Waals surface area (Å²) in [4.78, 5) is 19.8. The number of alkyl halides is 3. The van der Waals surface area contributed by atoms with Gasteiger partial charge in [-0.05, 0) is 26.0 Å². The van der Waals surface area contributed by atoms with Crippen LogP contribution in [-0.2, 0) is 16.5 Å². The summed E-state index contributed by atoms with van der Waals surface area (Å²) in [6.07, 6.45) is -2.29. The molecule has 0 aliphatic carbocycles. The molecule has 154 valence electrons. The Kier molecular flexibility index (Phi) is 5.37. The summed E-state index contributed by atoms with van der Waals surface area (Å²) >= 11 is 5.96. The van der Waals surface area contributed by atoms with E-state index < -0.39 is 23.5 Å². The van der Waals surface area contributed by atoms with Crippen LogP contribution >= 0.6 is 11.6 Å². The van der Waals surface area contributed by atoms with Crippen molar-refractivity contribution in [3.63, 3.8) is 0 Å². The van der Waals surface area contributed by atoms with Gasteiger partial charge in [-0.25, -0.2) is 14.3 Å². The van der Waals surface area contributed by atoms with Gasteiger partial charge in [-0.15, -0.1) is 0 Å². The van der Waals surface area contributed by atoms with Gasteiger partial charge >= 0.3 is 12.2 Å². The third kappa shape index (κ3) is 4.40. The molecule has 3 aromatic rings. The average molecular weight is 429 g/mol. The van der Waals surface area contributed by atoms with E-state index in [2.05, 4.69) is 25.7 Å². The Morgan fingerprint density at radius 1 is 1.21 bits per heavy atom. The number of anilines is 2. The Balaban J connectivity index is 1.92. The zero-order chi connectivity index (χ0) is 21.4. The van der Waals surface area contributed by atoms with E-state index in [-0.39, 0.29) is 16.5 Å². The maximum absolute atomic E-state index is 12.8. The second-order valence-electron chi connectivity index (χ2n) is 6.48. The lowest BCUT2D eigenvalue weighted by Crippen LogP contribution is -2.28. The lowest BCUT2D eigenvalue weighted by Gasteiger charge is -2.26. The number of pyridine rings is 1. The first-order valence-corrected chi connectivity index (χ1v) is 8.60. The maximum atomic E-state index is 12.8. The zero-order valence-corrected chi connectivity index (χ0v) is 16.3. The van der Waals surface area contributed by atoms with Crippen molar-refractivity contribution < 1.29 is 22.7 Å². The van der Waals surface area contributed by atoms with Crippen molar-refractivity contribution in [2.24, 2.45) is 0 Å². The van der Waals surface area contributed by atoms with E-state index >= 15 is 0 Å². The molecule has 3 rings (SSSR count). The number of urea groups is 1. The van der Waals surface area contributed by atoms with Crippen molar-refractivity contribution in [2.45, 2.75) is 25.6 Å². The van der Waals surface area contributed by atoms with E-state index in [0.717, 1.165) is 12.3 Å². The van der Waals surface area contributed by atoms with Crippen LogP contribution < -0.4 is 10.6 Å². The number of carbonyl (C=O) groups excluding carboxylic acids is 1. The van der Waals surface area contributed by atoms with Crippen molar-refractivity contribution in [3.8, 4) is 0 Å². The van der Waals surface area contributed by atoms with Gasteiger partial charge in [0.2, 0.25) is 0 Å². The van der Waals surface area contributed by atoms with Crippen LogP contribution in [0.5, 0.6) is 0 Å². The Morgan fingerprint density at radius 2 is 1.93 bits per heavy atom. The Hall–Kier alpha value is -2.92. The van der Waals surface area contributed by atoms with Crippen molar-refractivity contribution in [2.75, 3.05) is 17.7 Å². The van der Waals surface area contributed by atoms with Crippen LogP contribution in [0.15, 0.2) is 30.6 Å². The third-order valence-corrected chi connectivity index (χ3v) is 4.28. The van der Waals surface area contributed by atoms with E-state index in [1.165, 1.54) is 30.0 Å². The highest BCUT2D eigenvalue weighted by atomic mass is 35.5. The van der Waals surface area contributed by atoms with Crippen LogP contribution in [0.25, 0.3) is 5.65 Å². The highest BCUT2D eigenvalue weighted by molar-refractivity contribution is 6.29. The predicted molar refractivity (Wildman–Crippen MR) is 99.9 cm³/mol. The van der Waals surface area contributed by atoms with Gasteiger partial charge in [-0.2, -0.15) is 18.3 Å². The summed E-state index contributed by atoms with van der Waals surface area (Å²) in [7, 11) is 1.48. The van der Waals surface area contributed by atoms with Gasteiger partial charge in [0.25, 0.3) is 0 Å². The van der Waals surface area contributed by atoms with Crippen molar-refractivity contribution in [1.29, 1.82) is 0 Å². The number of amides is 2. The zero-order valence-electron chi connectivity index (χ0n) is 15.5. The molecule has 3 aromatic heterocycles. The second-order valence-corrected chi connectivity index (χ2v) is 6.87. The summed E-state index contributed by atoms with van der Waals surface area (Å²) in [6.45, 7) is 3.50. The monoisotopic (exact) mass is 428 g/mol. The number of fused-ring (bicyclic) bond motifs is 1. The van der Waals surface area contributed by atoms with Gasteiger partial charge in [-0.3, -0.25) is 4.98 Å². The molecule has 12 heteroatoms. The molecule has 0 spiro atoms. The summed E-state index contributed by atoms with van der Waals surface area (Å²) in [5, 5.41) is 9.25. The molecule has 0 aliphatic heterocycles. The van der Waals surface area contributed by atoms with Crippen LogP contribution in [0.4, 0.5) is 29.3 Å². The minimum atomic E-state index is -4.63. The number of halogens is 4. The molecule has 8 nitrogen and oxygen atoms in total. The molecule has 3 heterocycles. The van der Waals surface area contributed by atoms with E-state index in [9.17, 15) is 18.0 Å². The van der Waals surface area contributed by atoms with Crippen LogP contribution in [0.3, 0.4) is 0 Å². The van der Waals surface area contributed by atoms with Crippen LogP contribution in [0.1, 0.15) is 25.2 Å². The number of hydrogen-bond acceptors (Lipinski definition) is 5. The van der Waals surface area contributed by atoms with E-state index in [1.54, 1.807) is 13.8 Å². The number of hydrogen-bond donors (Lipinski definition) is 2.